The SMILES string of the molecule is COc1ccc(NC(=O)CSCc2ccc(C(=O)O)o2)cc1. The molecule has 7 heteroatoms. The monoisotopic (exact) mass is 321 g/mol. The van der Waals surface area contributed by atoms with E-state index in [1.807, 2.05) is 0 Å². The van der Waals surface area contributed by atoms with Crippen molar-refractivity contribution >= 4 is 29.3 Å². The molecule has 0 fully saturated rings. The molecule has 1 heterocycles. The molecule has 1 aromatic heterocycles. The highest BCUT2D eigenvalue weighted by atomic mass is 32.2. The number of carboxylic acids is 1. The largest absolute Gasteiger partial charge is 0.497 e. The van der Waals surface area contributed by atoms with Gasteiger partial charge in [0.05, 0.1) is 18.6 Å². The predicted octanol–water partition coefficient (Wildman–Crippen LogP) is 2.86. The number of ether oxygens (including phenoxy) is 1. The van der Waals surface area contributed by atoms with Gasteiger partial charge in [-0.1, -0.05) is 0 Å². The number of thioether (sulfide) groups is 1. The molecule has 0 atom stereocenters. The van der Waals surface area contributed by atoms with Crippen molar-refractivity contribution in [2.24, 2.45) is 0 Å². The Kier molecular flexibility index (Phi) is 5.48. The van der Waals surface area contributed by atoms with Crippen molar-refractivity contribution in [3.05, 3.63) is 47.9 Å². The zero-order chi connectivity index (χ0) is 15.9. The van der Waals surface area contributed by atoms with Gasteiger partial charge in [0, 0.05) is 5.69 Å². The second kappa shape index (κ2) is 7.56. The van der Waals surface area contributed by atoms with Gasteiger partial charge in [-0.2, -0.15) is 0 Å². The van der Waals surface area contributed by atoms with E-state index in [1.165, 1.54) is 17.8 Å². The van der Waals surface area contributed by atoms with E-state index in [4.69, 9.17) is 14.3 Å². The molecular formula is C15H15NO5S. The molecule has 0 radical (unpaired) electrons. The van der Waals surface area contributed by atoms with Gasteiger partial charge < -0.3 is 19.6 Å². The quantitative estimate of drug-likeness (QED) is 0.815. The summed E-state index contributed by atoms with van der Waals surface area (Å²) in [5.74, 6) is 0.587. The lowest BCUT2D eigenvalue weighted by Gasteiger charge is -2.05. The van der Waals surface area contributed by atoms with Gasteiger partial charge in [0.2, 0.25) is 11.7 Å². The highest BCUT2D eigenvalue weighted by Crippen LogP contribution is 2.17. The molecule has 0 aliphatic rings. The zero-order valence-electron chi connectivity index (χ0n) is 11.9. The second-order valence-electron chi connectivity index (χ2n) is 4.34. The van der Waals surface area contributed by atoms with E-state index >= 15 is 0 Å². The minimum atomic E-state index is -1.10. The summed E-state index contributed by atoms with van der Waals surface area (Å²) in [5, 5.41) is 11.5. The normalized spacial score (nSPS) is 10.2. The van der Waals surface area contributed by atoms with Crippen LogP contribution in [0.3, 0.4) is 0 Å². The first-order valence-corrected chi connectivity index (χ1v) is 7.57. The third-order valence-corrected chi connectivity index (χ3v) is 3.68. The number of nitrogens with one attached hydrogen (secondary N) is 1. The van der Waals surface area contributed by atoms with Gasteiger partial charge in [0.15, 0.2) is 0 Å². The molecule has 22 heavy (non-hydrogen) atoms. The molecule has 2 rings (SSSR count). The Balaban J connectivity index is 1.76. The van der Waals surface area contributed by atoms with Gasteiger partial charge in [-0.05, 0) is 36.4 Å². The van der Waals surface area contributed by atoms with Crippen molar-refractivity contribution in [2.75, 3.05) is 18.2 Å². The molecule has 0 unspecified atom stereocenters. The minimum absolute atomic E-state index is 0.0988. The Hall–Kier alpha value is -2.41. The van der Waals surface area contributed by atoms with Crippen LogP contribution in [0.1, 0.15) is 16.3 Å². The Morgan fingerprint density at radius 1 is 1.23 bits per heavy atom. The number of hydrogen-bond acceptors (Lipinski definition) is 5. The lowest BCUT2D eigenvalue weighted by atomic mass is 10.3. The van der Waals surface area contributed by atoms with Crippen LogP contribution in [-0.2, 0) is 10.5 Å². The number of aromatic carboxylic acids is 1. The van der Waals surface area contributed by atoms with Gasteiger partial charge in [-0.15, -0.1) is 11.8 Å². The first-order valence-electron chi connectivity index (χ1n) is 6.42. The number of carbonyl (C=O) groups is 2. The summed E-state index contributed by atoms with van der Waals surface area (Å²) < 4.78 is 10.1. The van der Waals surface area contributed by atoms with E-state index in [-0.39, 0.29) is 17.4 Å². The van der Waals surface area contributed by atoms with Gasteiger partial charge in [-0.3, -0.25) is 4.79 Å². The first-order chi connectivity index (χ1) is 10.6. The first kappa shape index (κ1) is 16.0. The summed E-state index contributed by atoms with van der Waals surface area (Å²) >= 11 is 1.34. The van der Waals surface area contributed by atoms with Crippen LogP contribution < -0.4 is 10.1 Å². The van der Waals surface area contributed by atoms with E-state index in [2.05, 4.69) is 5.32 Å². The van der Waals surface area contributed by atoms with E-state index in [1.54, 1.807) is 37.4 Å². The molecule has 0 aliphatic carbocycles. The summed E-state index contributed by atoms with van der Waals surface area (Å²) in [5.41, 5.74) is 0.692. The van der Waals surface area contributed by atoms with E-state index in [0.717, 1.165) is 5.75 Å². The van der Waals surface area contributed by atoms with Crippen molar-refractivity contribution in [2.45, 2.75) is 5.75 Å². The molecule has 1 amide bonds. The average Bonchev–Trinajstić information content (AvgIpc) is 2.97. The molecular weight excluding hydrogens is 306 g/mol. The Bertz CT molecular complexity index is 650. The van der Waals surface area contributed by atoms with Crippen LogP contribution in [0.2, 0.25) is 0 Å². The Labute approximate surface area is 131 Å². The number of rotatable bonds is 7. The number of anilines is 1. The lowest BCUT2D eigenvalue weighted by molar-refractivity contribution is -0.113. The number of benzene rings is 1. The third kappa shape index (κ3) is 4.56. The van der Waals surface area contributed by atoms with Crippen molar-refractivity contribution < 1.29 is 23.8 Å². The van der Waals surface area contributed by atoms with Gasteiger partial charge in [-0.25, -0.2) is 4.79 Å². The van der Waals surface area contributed by atoms with Crippen LogP contribution >= 0.6 is 11.8 Å². The molecule has 0 saturated carbocycles. The molecule has 0 aliphatic heterocycles. The van der Waals surface area contributed by atoms with E-state index < -0.39 is 5.97 Å². The van der Waals surface area contributed by atoms with Crippen LogP contribution in [0.5, 0.6) is 5.75 Å². The molecule has 116 valence electrons. The third-order valence-electron chi connectivity index (χ3n) is 2.72. The van der Waals surface area contributed by atoms with Crippen LogP contribution in [-0.4, -0.2) is 29.8 Å². The molecule has 6 nitrogen and oxygen atoms in total. The summed E-state index contributed by atoms with van der Waals surface area (Å²) in [6, 6.07) is 10.0. The lowest BCUT2D eigenvalue weighted by Crippen LogP contribution is -2.14. The highest BCUT2D eigenvalue weighted by molar-refractivity contribution is 7.99. The van der Waals surface area contributed by atoms with Gasteiger partial charge in [0.25, 0.3) is 0 Å². The molecule has 0 saturated heterocycles. The fourth-order valence-electron chi connectivity index (χ4n) is 1.69. The number of hydrogen-bond donors (Lipinski definition) is 2. The van der Waals surface area contributed by atoms with Crippen LogP contribution in [0, 0.1) is 0 Å². The summed E-state index contributed by atoms with van der Waals surface area (Å²) in [6.07, 6.45) is 0. The molecule has 0 spiro atoms. The summed E-state index contributed by atoms with van der Waals surface area (Å²) in [7, 11) is 1.58. The van der Waals surface area contributed by atoms with Gasteiger partial charge >= 0.3 is 5.97 Å². The zero-order valence-corrected chi connectivity index (χ0v) is 12.7. The standard InChI is InChI=1S/C15H15NO5S/c1-20-11-4-2-10(3-5-11)16-14(17)9-22-8-12-6-7-13(21-12)15(18)19/h2-7H,8-9H2,1H3,(H,16,17)(H,18,19). The molecule has 1 aromatic carbocycles. The maximum absolute atomic E-state index is 11.8. The van der Waals surface area contributed by atoms with Crippen molar-refractivity contribution in [1.82, 2.24) is 0 Å². The number of methoxy groups -OCH3 is 1. The second-order valence-corrected chi connectivity index (χ2v) is 5.33. The highest BCUT2D eigenvalue weighted by Gasteiger charge is 2.09. The average molecular weight is 321 g/mol. The maximum Gasteiger partial charge on any atom is 0.371 e. The number of carbonyl (C=O) groups excluding carboxylic acids is 1. The Morgan fingerprint density at radius 3 is 2.55 bits per heavy atom. The fourth-order valence-corrected chi connectivity index (χ4v) is 2.40. The van der Waals surface area contributed by atoms with Crippen molar-refractivity contribution in [3.8, 4) is 5.75 Å². The van der Waals surface area contributed by atoms with Gasteiger partial charge in [0.1, 0.15) is 11.5 Å². The van der Waals surface area contributed by atoms with Crippen molar-refractivity contribution in [3.63, 3.8) is 0 Å². The minimum Gasteiger partial charge on any atom is -0.497 e. The predicted molar refractivity (Wildman–Crippen MR) is 83.5 cm³/mol. The molecule has 2 aromatic rings. The van der Waals surface area contributed by atoms with Crippen LogP contribution in [0.25, 0.3) is 0 Å². The smallest absolute Gasteiger partial charge is 0.371 e. The maximum atomic E-state index is 11.8. The molecule has 2 N–H and O–H groups in total. The molecule has 0 bridgehead atoms. The topological polar surface area (TPSA) is 88.8 Å². The fraction of sp³-hybridized carbons (Fsp3) is 0.200. The van der Waals surface area contributed by atoms with Crippen LogP contribution in [0.4, 0.5) is 5.69 Å². The number of furan rings is 1. The number of amides is 1. The van der Waals surface area contributed by atoms with E-state index in [0.29, 0.717) is 17.2 Å². The van der Waals surface area contributed by atoms with Crippen molar-refractivity contribution in [1.29, 1.82) is 0 Å². The van der Waals surface area contributed by atoms with Crippen LogP contribution in [0.15, 0.2) is 40.8 Å². The van der Waals surface area contributed by atoms with E-state index in [9.17, 15) is 9.59 Å². The summed E-state index contributed by atoms with van der Waals surface area (Å²) in [4.78, 5) is 22.5. The Morgan fingerprint density at radius 2 is 1.95 bits per heavy atom. The summed E-state index contributed by atoms with van der Waals surface area (Å²) in [6.45, 7) is 0. The number of carboxylic acid groups (broad SMARTS) is 1.